The predicted octanol–water partition coefficient (Wildman–Crippen LogP) is -3.25. The molecule has 4 heteroatoms. The topological polar surface area (TPSA) is 66.2 Å². The molecule has 66 valence electrons. The van der Waals surface area contributed by atoms with Crippen molar-refractivity contribution < 1.29 is 39.5 Å². The molecular weight excluding hydrogens is 165 g/mol. The summed E-state index contributed by atoms with van der Waals surface area (Å²) in [4.78, 5) is 10.2. The van der Waals surface area contributed by atoms with Gasteiger partial charge in [0.05, 0.1) is 0 Å². The van der Waals surface area contributed by atoms with Gasteiger partial charge in [0.15, 0.2) is 0 Å². The number of nitrogens with two attached hydrogens (primary N) is 1. The van der Waals surface area contributed by atoms with E-state index >= 15 is 0 Å². The molecule has 0 unspecified atom stereocenters. The fraction of sp³-hybridized carbons (Fsp3) is 0.875. The van der Waals surface area contributed by atoms with Crippen molar-refractivity contribution in [3.63, 3.8) is 0 Å². The van der Waals surface area contributed by atoms with E-state index in [1.54, 1.807) is 0 Å². The van der Waals surface area contributed by atoms with Crippen LogP contribution in [0.1, 0.15) is 26.7 Å². The van der Waals surface area contributed by atoms with Crippen LogP contribution in [0.3, 0.4) is 0 Å². The largest absolute Gasteiger partial charge is 1.00 e. The van der Waals surface area contributed by atoms with Crippen LogP contribution in [-0.4, -0.2) is 12.5 Å². The summed E-state index contributed by atoms with van der Waals surface area (Å²) in [5, 5.41) is 10.2. The normalized spacial score (nSPS) is 12.3. The Morgan fingerprint density at radius 2 is 2.00 bits per heavy atom. The zero-order valence-corrected chi connectivity index (χ0v) is 10.2. The van der Waals surface area contributed by atoms with Gasteiger partial charge in [-0.1, -0.05) is 13.8 Å². The van der Waals surface area contributed by atoms with Gasteiger partial charge in [0.2, 0.25) is 0 Å². The third-order valence-electron chi connectivity index (χ3n) is 1.59. The van der Waals surface area contributed by atoms with Gasteiger partial charge in [0.25, 0.3) is 0 Å². The SMILES string of the molecule is CC(C)C[C@H](CN)CC(=O)[O-].[Na+]. The predicted molar refractivity (Wildman–Crippen MR) is 41.6 cm³/mol. The molecule has 0 saturated carbocycles. The van der Waals surface area contributed by atoms with Crippen molar-refractivity contribution in [1.82, 2.24) is 0 Å². The van der Waals surface area contributed by atoms with Crippen molar-refractivity contribution in [1.29, 1.82) is 0 Å². The van der Waals surface area contributed by atoms with Gasteiger partial charge in [-0.05, 0) is 31.2 Å². The Morgan fingerprint density at radius 1 is 1.50 bits per heavy atom. The van der Waals surface area contributed by atoms with Gasteiger partial charge >= 0.3 is 29.6 Å². The first-order valence-corrected chi connectivity index (χ1v) is 3.96. The quantitative estimate of drug-likeness (QED) is 0.453. The zero-order chi connectivity index (χ0) is 8.85. The van der Waals surface area contributed by atoms with E-state index in [2.05, 4.69) is 13.8 Å². The molecule has 0 aliphatic carbocycles. The van der Waals surface area contributed by atoms with Crippen LogP contribution in [0.4, 0.5) is 0 Å². The van der Waals surface area contributed by atoms with Crippen LogP contribution in [0.5, 0.6) is 0 Å². The smallest absolute Gasteiger partial charge is 0.550 e. The Bertz CT molecular complexity index is 128. The summed E-state index contributed by atoms with van der Waals surface area (Å²) >= 11 is 0. The molecule has 0 saturated heterocycles. The summed E-state index contributed by atoms with van der Waals surface area (Å²) in [6.07, 6.45) is 0.958. The van der Waals surface area contributed by atoms with Gasteiger partial charge in [-0.3, -0.25) is 0 Å². The first-order chi connectivity index (χ1) is 5.06. The third-order valence-corrected chi connectivity index (χ3v) is 1.59. The fourth-order valence-electron chi connectivity index (χ4n) is 1.17. The van der Waals surface area contributed by atoms with Crippen molar-refractivity contribution in [2.75, 3.05) is 6.54 Å². The van der Waals surface area contributed by atoms with E-state index in [1.165, 1.54) is 0 Å². The van der Waals surface area contributed by atoms with E-state index in [0.29, 0.717) is 12.5 Å². The second kappa shape index (κ2) is 8.05. The number of carbonyl (C=O) groups is 1. The first kappa shape index (κ1) is 14.9. The van der Waals surface area contributed by atoms with Crippen LogP contribution in [0.15, 0.2) is 0 Å². The molecular formula is C8H16NNaO2. The number of carboxylic acids is 1. The Kier molecular flexibility index (Phi) is 10.0. The second-order valence-corrected chi connectivity index (χ2v) is 3.31. The van der Waals surface area contributed by atoms with E-state index < -0.39 is 5.97 Å². The van der Waals surface area contributed by atoms with Crippen molar-refractivity contribution in [2.45, 2.75) is 26.7 Å². The molecule has 0 radical (unpaired) electrons. The maximum atomic E-state index is 10.2. The maximum absolute atomic E-state index is 10.2. The Morgan fingerprint density at radius 3 is 2.25 bits per heavy atom. The van der Waals surface area contributed by atoms with Crippen LogP contribution in [0.2, 0.25) is 0 Å². The maximum Gasteiger partial charge on any atom is 1.00 e. The van der Waals surface area contributed by atoms with Gasteiger partial charge in [-0.2, -0.15) is 0 Å². The molecule has 0 bridgehead atoms. The summed E-state index contributed by atoms with van der Waals surface area (Å²) in [7, 11) is 0. The number of hydrogen-bond acceptors (Lipinski definition) is 3. The van der Waals surface area contributed by atoms with E-state index in [1.807, 2.05) is 0 Å². The Balaban J connectivity index is 0. The molecule has 2 N–H and O–H groups in total. The minimum absolute atomic E-state index is 0. The van der Waals surface area contributed by atoms with Crippen molar-refractivity contribution in [3.05, 3.63) is 0 Å². The first-order valence-electron chi connectivity index (χ1n) is 3.96. The Hall–Kier alpha value is 0.430. The monoisotopic (exact) mass is 181 g/mol. The molecule has 0 aromatic rings. The molecule has 0 aliphatic rings. The van der Waals surface area contributed by atoms with Crippen LogP contribution in [0.25, 0.3) is 0 Å². The third kappa shape index (κ3) is 8.53. The van der Waals surface area contributed by atoms with Crippen LogP contribution < -0.4 is 40.4 Å². The van der Waals surface area contributed by atoms with E-state index in [4.69, 9.17) is 5.73 Å². The van der Waals surface area contributed by atoms with Gasteiger partial charge in [-0.25, -0.2) is 0 Å². The average molecular weight is 181 g/mol. The minimum atomic E-state index is -0.999. The number of carbonyl (C=O) groups excluding carboxylic acids is 1. The average Bonchev–Trinajstić information content (AvgIpc) is 1.84. The molecule has 0 fully saturated rings. The number of aliphatic carboxylic acids is 1. The van der Waals surface area contributed by atoms with Gasteiger partial charge < -0.3 is 15.6 Å². The van der Waals surface area contributed by atoms with Crippen LogP contribution >= 0.6 is 0 Å². The van der Waals surface area contributed by atoms with Crippen LogP contribution in [-0.2, 0) is 4.79 Å². The molecule has 3 nitrogen and oxygen atoms in total. The molecule has 0 rings (SSSR count). The number of hydrogen-bond donors (Lipinski definition) is 1. The number of rotatable bonds is 5. The molecule has 0 spiro atoms. The van der Waals surface area contributed by atoms with Gasteiger partial charge in [0, 0.05) is 5.97 Å². The van der Waals surface area contributed by atoms with Crippen molar-refractivity contribution in [3.8, 4) is 0 Å². The van der Waals surface area contributed by atoms with Gasteiger partial charge in [0.1, 0.15) is 0 Å². The van der Waals surface area contributed by atoms with E-state index in [-0.39, 0.29) is 41.9 Å². The van der Waals surface area contributed by atoms with E-state index in [9.17, 15) is 9.90 Å². The molecule has 0 aromatic heterocycles. The Labute approximate surface area is 96.0 Å². The van der Waals surface area contributed by atoms with Crippen molar-refractivity contribution >= 4 is 5.97 Å². The van der Waals surface area contributed by atoms with Crippen molar-refractivity contribution in [2.24, 2.45) is 17.6 Å². The summed E-state index contributed by atoms with van der Waals surface area (Å²) in [6.45, 7) is 4.54. The summed E-state index contributed by atoms with van der Waals surface area (Å²) in [5.41, 5.74) is 5.38. The molecule has 0 heterocycles. The number of carboxylic acid groups (broad SMARTS) is 1. The second-order valence-electron chi connectivity index (χ2n) is 3.31. The van der Waals surface area contributed by atoms with Crippen LogP contribution in [0, 0.1) is 11.8 Å². The summed E-state index contributed by atoms with van der Waals surface area (Å²) < 4.78 is 0. The molecule has 0 amide bonds. The molecule has 0 aromatic carbocycles. The molecule has 1 atom stereocenters. The fourth-order valence-corrected chi connectivity index (χ4v) is 1.17. The standard InChI is InChI=1S/C8H17NO2.Na/c1-6(2)3-7(5-9)4-8(10)11;/h6-7H,3-5,9H2,1-2H3,(H,10,11);/q;+1/p-1/t7-;/m0./s1. The summed E-state index contributed by atoms with van der Waals surface area (Å²) in [5.74, 6) is -0.413. The molecule has 12 heavy (non-hydrogen) atoms. The zero-order valence-electron chi connectivity index (χ0n) is 8.17. The van der Waals surface area contributed by atoms with Gasteiger partial charge in [-0.15, -0.1) is 0 Å². The summed E-state index contributed by atoms with van der Waals surface area (Å²) in [6, 6.07) is 0. The minimum Gasteiger partial charge on any atom is -0.550 e. The van der Waals surface area contributed by atoms with E-state index in [0.717, 1.165) is 6.42 Å². The molecule has 0 aliphatic heterocycles.